The molecule has 4 aromatic rings. The monoisotopic (exact) mass is 436 g/mol. The van der Waals surface area contributed by atoms with E-state index < -0.39 is 0 Å². The zero-order valence-corrected chi connectivity index (χ0v) is 18.2. The van der Waals surface area contributed by atoms with Crippen LogP contribution in [0.5, 0.6) is 5.75 Å². The Morgan fingerprint density at radius 3 is 2.88 bits per heavy atom. The van der Waals surface area contributed by atoms with Crippen molar-refractivity contribution >= 4 is 11.4 Å². The van der Waals surface area contributed by atoms with E-state index in [1.54, 1.807) is 19.2 Å². The highest BCUT2D eigenvalue weighted by Crippen LogP contribution is 2.42. The highest BCUT2D eigenvalue weighted by Gasteiger charge is 2.30. The van der Waals surface area contributed by atoms with E-state index in [-0.39, 0.29) is 5.82 Å². The molecule has 33 heavy (non-hydrogen) atoms. The average molecular weight is 436 g/mol. The molecule has 1 aliphatic carbocycles. The van der Waals surface area contributed by atoms with Crippen LogP contribution in [-0.4, -0.2) is 14.4 Å². The van der Waals surface area contributed by atoms with Crippen LogP contribution in [-0.2, 0) is 13.0 Å². The number of hydrogen-bond donors (Lipinski definition) is 0. The minimum Gasteiger partial charge on any atom is -0.488 e. The van der Waals surface area contributed by atoms with E-state index in [4.69, 9.17) is 9.72 Å². The third kappa shape index (κ3) is 3.37. The standard InChI is InChI=1S/C27H21FN4O/c1-16(14-29)25-21-7-3-17(11-19(21)15-33-24-13-20(28)6-8-22(24)25)12-23-26(18-4-5-18)31-27-30-9-2-10-32(23)27/h2-3,6-11,13,18H,4-5,12,15H2,1H3. The summed E-state index contributed by atoms with van der Waals surface area (Å²) in [5.41, 5.74) is 7.49. The molecule has 0 bridgehead atoms. The molecule has 3 heterocycles. The van der Waals surface area contributed by atoms with Gasteiger partial charge in [-0.25, -0.2) is 14.4 Å². The zero-order chi connectivity index (χ0) is 22.5. The number of rotatable bonds is 3. The van der Waals surface area contributed by atoms with E-state index in [1.807, 2.05) is 12.3 Å². The fraction of sp³-hybridized carbons (Fsp3) is 0.222. The first-order valence-electron chi connectivity index (χ1n) is 11.1. The van der Waals surface area contributed by atoms with Crippen LogP contribution in [0.2, 0.25) is 0 Å². The first-order chi connectivity index (χ1) is 16.1. The van der Waals surface area contributed by atoms with Gasteiger partial charge in [-0.3, -0.25) is 4.40 Å². The van der Waals surface area contributed by atoms with Gasteiger partial charge < -0.3 is 4.74 Å². The second-order valence-electron chi connectivity index (χ2n) is 8.72. The number of benzene rings is 2. The van der Waals surface area contributed by atoms with Crippen molar-refractivity contribution in [1.29, 1.82) is 5.26 Å². The van der Waals surface area contributed by atoms with Crippen molar-refractivity contribution in [3.05, 3.63) is 99.9 Å². The molecule has 0 unspecified atom stereocenters. The predicted molar refractivity (Wildman–Crippen MR) is 122 cm³/mol. The van der Waals surface area contributed by atoms with E-state index >= 15 is 0 Å². The zero-order valence-electron chi connectivity index (χ0n) is 18.2. The summed E-state index contributed by atoms with van der Waals surface area (Å²) in [6, 6.07) is 15.0. The van der Waals surface area contributed by atoms with Crippen LogP contribution in [0.4, 0.5) is 4.39 Å². The summed E-state index contributed by atoms with van der Waals surface area (Å²) < 4.78 is 22.0. The van der Waals surface area contributed by atoms with Gasteiger partial charge in [-0.15, -0.1) is 0 Å². The van der Waals surface area contributed by atoms with Gasteiger partial charge in [0.05, 0.1) is 17.5 Å². The summed E-state index contributed by atoms with van der Waals surface area (Å²) in [4.78, 5) is 9.23. The predicted octanol–water partition coefficient (Wildman–Crippen LogP) is 5.57. The molecule has 5 nitrogen and oxygen atoms in total. The molecule has 0 atom stereocenters. The highest BCUT2D eigenvalue weighted by atomic mass is 19.1. The number of hydrogen-bond acceptors (Lipinski definition) is 4. The molecule has 6 heteroatoms. The number of imidazole rings is 1. The summed E-state index contributed by atoms with van der Waals surface area (Å²) in [6.45, 7) is 2.10. The lowest BCUT2D eigenvalue weighted by atomic mass is 9.89. The van der Waals surface area contributed by atoms with Gasteiger partial charge in [-0.2, -0.15) is 5.26 Å². The van der Waals surface area contributed by atoms with Gasteiger partial charge in [-0.1, -0.05) is 18.2 Å². The van der Waals surface area contributed by atoms with E-state index in [2.05, 4.69) is 33.7 Å². The van der Waals surface area contributed by atoms with E-state index in [0.29, 0.717) is 23.8 Å². The molecule has 1 aliphatic heterocycles. The number of ether oxygens (including phenoxy) is 1. The molecule has 0 spiro atoms. The smallest absolute Gasteiger partial charge is 0.234 e. The molecule has 1 fully saturated rings. The SMILES string of the molecule is CC(C#N)=C1c2ccc(Cc3c(C4CC4)nc4ncccn34)cc2COc2cc(F)ccc21. The molecule has 2 aliphatic rings. The fourth-order valence-corrected chi connectivity index (χ4v) is 4.71. The highest BCUT2D eigenvalue weighted by molar-refractivity contribution is 5.88. The third-order valence-corrected chi connectivity index (χ3v) is 6.45. The van der Waals surface area contributed by atoms with Gasteiger partial charge in [0.2, 0.25) is 5.78 Å². The number of allylic oxidation sites excluding steroid dienone is 1. The van der Waals surface area contributed by atoms with Gasteiger partial charge in [0.25, 0.3) is 0 Å². The van der Waals surface area contributed by atoms with Crippen LogP contribution >= 0.6 is 0 Å². The molecule has 0 N–H and O–H groups in total. The second kappa shape index (κ2) is 7.56. The minimum absolute atomic E-state index is 0.312. The number of nitrogens with zero attached hydrogens (tertiary/aromatic N) is 4. The Hall–Kier alpha value is -3.98. The normalized spacial score (nSPS) is 16.4. The molecular weight excluding hydrogens is 415 g/mol. The summed E-state index contributed by atoms with van der Waals surface area (Å²) in [5, 5.41) is 9.66. The second-order valence-corrected chi connectivity index (χ2v) is 8.72. The Labute approximate surface area is 190 Å². The fourth-order valence-electron chi connectivity index (χ4n) is 4.71. The summed E-state index contributed by atoms with van der Waals surface area (Å²) >= 11 is 0. The number of halogens is 1. The van der Waals surface area contributed by atoms with Gasteiger partial charge >= 0.3 is 0 Å². The van der Waals surface area contributed by atoms with Crippen molar-refractivity contribution < 1.29 is 9.13 Å². The Morgan fingerprint density at radius 1 is 1.21 bits per heavy atom. The van der Waals surface area contributed by atoms with Crippen LogP contribution in [0.3, 0.4) is 0 Å². The molecule has 6 rings (SSSR count). The van der Waals surface area contributed by atoms with Crippen molar-refractivity contribution in [1.82, 2.24) is 14.4 Å². The van der Waals surface area contributed by atoms with Crippen molar-refractivity contribution in [2.45, 2.75) is 38.7 Å². The maximum atomic E-state index is 13.9. The largest absolute Gasteiger partial charge is 0.488 e. The van der Waals surface area contributed by atoms with Crippen LogP contribution in [0, 0.1) is 17.1 Å². The van der Waals surface area contributed by atoms with Crippen molar-refractivity contribution in [2.75, 3.05) is 0 Å². The molecule has 0 radical (unpaired) electrons. The van der Waals surface area contributed by atoms with E-state index in [1.165, 1.54) is 30.7 Å². The number of fused-ring (bicyclic) bond motifs is 3. The molecule has 0 amide bonds. The van der Waals surface area contributed by atoms with Crippen LogP contribution in [0.1, 0.15) is 59.3 Å². The van der Waals surface area contributed by atoms with Crippen LogP contribution < -0.4 is 4.74 Å². The number of nitriles is 1. The summed E-state index contributed by atoms with van der Waals surface area (Å²) in [5.74, 6) is 1.35. The topological polar surface area (TPSA) is 63.2 Å². The lowest BCUT2D eigenvalue weighted by Gasteiger charge is -2.13. The molecule has 1 saturated carbocycles. The van der Waals surface area contributed by atoms with E-state index in [9.17, 15) is 9.65 Å². The average Bonchev–Trinajstić information content (AvgIpc) is 3.63. The third-order valence-electron chi connectivity index (χ3n) is 6.45. The van der Waals surface area contributed by atoms with Crippen molar-refractivity contribution in [2.24, 2.45) is 0 Å². The lowest BCUT2D eigenvalue weighted by Crippen LogP contribution is -2.02. The number of aromatic nitrogens is 3. The maximum absolute atomic E-state index is 13.9. The summed E-state index contributed by atoms with van der Waals surface area (Å²) in [7, 11) is 0. The molecular formula is C27H21FN4O. The first kappa shape index (κ1) is 19.7. The molecule has 2 aromatic heterocycles. The van der Waals surface area contributed by atoms with Gasteiger partial charge in [-0.05, 0) is 54.7 Å². The van der Waals surface area contributed by atoms with E-state index in [0.717, 1.165) is 45.7 Å². The van der Waals surface area contributed by atoms with Crippen molar-refractivity contribution in [3.63, 3.8) is 0 Å². The Kier molecular flexibility index (Phi) is 4.51. The first-order valence-corrected chi connectivity index (χ1v) is 11.1. The quantitative estimate of drug-likeness (QED) is 0.394. The Morgan fingerprint density at radius 2 is 2.06 bits per heavy atom. The Bertz CT molecular complexity index is 1490. The maximum Gasteiger partial charge on any atom is 0.234 e. The molecule has 2 aromatic carbocycles. The molecule has 0 saturated heterocycles. The van der Waals surface area contributed by atoms with Gasteiger partial charge in [0.15, 0.2) is 0 Å². The van der Waals surface area contributed by atoms with Crippen LogP contribution in [0.25, 0.3) is 11.4 Å². The van der Waals surface area contributed by atoms with Crippen molar-refractivity contribution in [3.8, 4) is 11.8 Å². The lowest BCUT2D eigenvalue weighted by molar-refractivity contribution is 0.305. The van der Waals surface area contributed by atoms with Gasteiger partial charge in [0.1, 0.15) is 18.2 Å². The minimum atomic E-state index is -0.358. The van der Waals surface area contributed by atoms with Crippen LogP contribution in [0.15, 0.2) is 60.4 Å². The van der Waals surface area contributed by atoms with Gasteiger partial charge in [0, 0.05) is 47.5 Å². The molecule has 162 valence electrons. The Balaban J connectivity index is 1.45. The summed E-state index contributed by atoms with van der Waals surface area (Å²) in [6.07, 6.45) is 6.86.